The Labute approximate surface area is 240 Å². The highest BCUT2D eigenvalue weighted by atomic mass is 32.1. The van der Waals surface area contributed by atoms with Gasteiger partial charge in [0.1, 0.15) is 17.5 Å². The number of aromatic nitrogens is 2. The van der Waals surface area contributed by atoms with Gasteiger partial charge < -0.3 is 11.5 Å². The fourth-order valence-corrected chi connectivity index (χ4v) is 6.53. The molecule has 0 aliphatic carbocycles. The van der Waals surface area contributed by atoms with Crippen LogP contribution in [0.1, 0.15) is 49.9 Å². The van der Waals surface area contributed by atoms with Crippen LogP contribution >= 0.6 is 22.7 Å². The second-order valence-corrected chi connectivity index (χ2v) is 12.3. The molecule has 10 heteroatoms. The van der Waals surface area contributed by atoms with Gasteiger partial charge in [0.05, 0.1) is 27.0 Å². The van der Waals surface area contributed by atoms with Gasteiger partial charge >= 0.3 is 0 Å². The molecule has 40 heavy (non-hydrogen) atoms. The van der Waals surface area contributed by atoms with Crippen molar-refractivity contribution in [3.8, 4) is 0 Å². The Kier molecular flexibility index (Phi) is 6.81. The van der Waals surface area contributed by atoms with E-state index in [1.54, 1.807) is 22.7 Å². The Balaban J connectivity index is 1.40. The molecule has 0 radical (unpaired) electrons. The average molecular weight is 567 g/mol. The summed E-state index contributed by atoms with van der Waals surface area (Å²) in [6.45, 7) is 8.75. The highest BCUT2D eigenvalue weighted by Crippen LogP contribution is 2.37. The van der Waals surface area contributed by atoms with Gasteiger partial charge in [-0.15, -0.1) is 0 Å². The SMILES string of the molecule is CC(C)N=C(N)c1ccc2nc(N=C3c4ccccc4CN3c3nc4ccc(C(N)=NC(C)C)cc4s3)sc2c1. The Morgan fingerprint density at radius 2 is 1.40 bits per heavy atom. The Morgan fingerprint density at radius 3 is 2.05 bits per heavy atom. The van der Waals surface area contributed by atoms with Crippen molar-refractivity contribution in [2.75, 3.05) is 4.90 Å². The van der Waals surface area contributed by atoms with Crippen LogP contribution in [0.25, 0.3) is 20.4 Å². The van der Waals surface area contributed by atoms with E-state index in [0.29, 0.717) is 23.3 Å². The van der Waals surface area contributed by atoms with Crippen molar-refractivity contribution in [1.82, 2.24) is 9.97 Å². The molecule has 202 valence electrons. The molecule has 2 aromatic heterocycles. The highest BCUT2D eigenvalue weighted by Gasteiger charge is 2.29. The van der Waals surface area contributed by atoms with Crippen LogP contribution in [0.3, 0.4) is 0 Å². The molecule has 0 atom stereocenters. The van der Waals surface area contributed by atoms with Crippen molar-refractivity contribution in [2.24, 2.45) is 26.4 Å². The summed E-state index contributed by atoms with van der Waals surface area (Å²) in [5, 5.41) is 1.56. The standard InChI is InChI=1S/C30H30N8S2/c1-16(2)33-26(31)18-9-11-22-24(13-18)39-29(35-22)37-28-21-8-6-5-7-20(21)15-38(28)30-36-23-12-10-19(14-25(23)40-30)27(32)34-17(3)4/h5-14,16-17H,15H2,1-4H3,(H2,31,33)(H2,32,34). The van der Waals surface area contributed by atoms with Crippen LogP contribution in [-0.4, -0.2) is 39.6 Å². The number of benzene rings is 3. The number of amidine groups is 3. The molecule has 5 aromatic rings. The predicted molar refractivity (Wildman–Crippen MR) is 170 cm³/mol. The molecule has 0 amide bonds. The van der Waals surface area contributed by atoms with E-state index in [1.807, 2.05) is 64.1 Å². The van der Waals surface area contributed by atoms with E-state index in [9.17, 15) is 0 Å². The van der Waals surface area contributed by atoms with Gasteiger partial charge in [0.2, 0.25) is 5.13 Å². The lowest BCUT2D eigenvalue weighted by atomic mass is 10.1. The average Bonchev–Trinajstić information content (AvgIpc) is 3.62. The largest absolute Gasteiger partial charge is 0.383 e. The number of nitrogens with zero attached hydrogens (tertiary/aromatic N) is 6. The fourth-order valence-electron chi connectivity index (χ4n) is 4.65. The number of aliphatic imine (C=N–C) groups is 3. The van der Waals surface area contributed by atoms with Crippen LogP contribution in [0.5, 0.6) is 0 Å². The smallest absolute Gasteiger partial charge is 0.212 e. The van der Waals surface area contributed by atoms with E-state index in [1.165, 1.54) is 5.56 Å². The highest BCUT2D eigenvalue weighted by molar-refractivity contribution is 7.22. The molecule has 3 aromatic carbocycles. The first-order chi connectivity index (χ1) is 19.2. The van der Waals surface area contributed by atoms with Crippen LogP contribution < -0.4 is 16.4 Å². The van der Waals surface area contributed by atoms with Crippen molar-refractivity contribution >= 4 is 70.9 Å². The second-order valence-electron chi connectivity index (χ2n) is 10.3. The number of hydrogen-bond acceptors (Lipinski definition) is 7. The van der Waals surface area contributed by atoms with E-state index >= 15 is 0 Å². The van der Waals surface area contributed by atoms with Crippen molar-refractivity contribution in [3.63, 3.8) is 0 Å². The third kappa shape index (κ3) is 5.07. The zero-order valence-corrected chi connectivity index (χ0v) is 24.4. The summed E-state index contributed by atoms with van der Waals surface area (Å²) >= 11 is 3.17. The number of rotatable bonds is 6. The molecule has 1 aliphatic heterocycles. The number of nitrogens with two attached hydrogens (primary N) is 2. The lowest BCUT2D eigenvalue weighted by molar-refractivity contribution is 0.834. The summed E-state index contributed by atoms with van der Waals surface area (Å²) in [7, 11) is 0. The second kappa shape index (κ2) is 10.4. The first kappa shape index (κ1) is 26.1. The minimum Gasteiger partial charge on any atom is -0.383 e. The summed E-state index contributed by atoms with van der Waals surface area (Å²) in [5.41, 5.74) is 18.4. The van der Waals surface area contributed by atoms with Crippen LogP contribution in [0.2, 0.25) is 0 Å². The minimum absolute atomic E-state index is 0.132. The summed E-state index contributed by atoms with van der Waals surface area (Å²) in [6, 6.07) is 20.7. The molecular formula is C30H30N8S2. The van der Waals surface area contributed by atoms with Gasteiger partial charge in [0.25, 0.3) is 0 Å². The molecule has 8 nitrogen and oxygen atoms in total. The number of hydrogen-bond donors (Lipinski definition) is 2. The van der Waals surface area contributed by atoms with Gasteiger partial charge in [-0.2, -0.15) is 0 Å². The van der Waals surface area contributed by atoms with E-state index < -0.39 is 0 Å². The molecule has 0 spiro atoms. The number of anilines is 1. The molecule has 0 unspecified atom stereocenters. The number of thiazole rings is 2. The first-order valence-electron chi connectivity index (χ1n) is 13.2. The Hall–Kier alpha value is -4.15. The van der Waals surface area contributed by atoms with Crippen LogP contribution in [-0.2, 0) is 6.54 Å². The maximum Gasteiger partial charge on any atom is 0.212 e. The maximum atomic E-state index is 6.25. The quantitative estimate of drug-likeness (QED) is 0.187. The first-order valence-corrected chi connectivity index (χ1v) is 14.8. The van der Waals surface area contributed by atoms with Crippen molar-refractivity contribution in [2.45, 2.75) is 46.3 Å². The Morgan fingerprint density at radius 1 is 0.800 bits per heavy atom. The molecule has 3 heterocycles. The van der Waals surface area contributed by atoms with Crippen LogP contribution in [0, 0.1) is 0 Å². The minimum atomic E-state index is 0.132. The molecule has 6 rings (SSSR count). The van der Waals surface area contributed by atoms with Gasteiger partial charge in [-0.1, -0.05) is 46.9 Å². The van der Waals surface area contributed by atoms with Gasteiger partial charge in [0.15, 0.2) is 5.13 Å². The van der Waals surface area contributed by atoms with E-state index in [2.05, 4.69) is 39.2 Å². The lowest BCUT2D eigenvalue weighted by Crippen LogP contribution is -2.23. The van der Waals surface area contributed by atoms with E-state index in [-0.39, 0.29) is 12.1 Å². The fraction of sp³-hybridized carbons (Fsp3) is 0.233. The zero-order chi connectivity index (χ0) is 28.0. The van der Waals surface area contributed by atoms with Gasteiger partial charge in [0, 0.05) is 28.8 Å². The monoisotopic (exact) mass is 566 g/mol. The predicted octanol–water partition coefficient (Wildman–Crippen LogP) is 6.23. The zero-order valence-electron chi connectivity index (χ0n) is 22.8. The van der Waals surface area contributed by atoms with Crippen molar-refractivity contribution in [1.29, 1.82) is 0 Å². The third-order valence-electron chi connectivity index (χ3n) is 6.42. The Bertz CT molecular complexity index is 1830. The van der Waals surface area contributed by atoms with Crippen LogP contribution in [0.4, 0.5) is 10.3 Å². The topological polar surface area (TPSA) is 118 Å². The van der Waals surface area contributed by atoms with Gasteiger partial charge in [-0.25, -0.2) is 15.0 Å². The summed E-state index contributed by atoms with van der Waals surface area (Å²) in [6.07, 6.45) is 0. The molecule has 0 fully saturated rings. The van der Waals surface area contributed by atoms with Crippen LogP contribution in [0.15, 0.2) is 75.6 Å². The van der Waals surface area contributed by atoms with Crippen molar-refractivity contribution < 1.29 is 0 Å². The molecule has 1 aliphatic rings. The van der Waals surface area contributed by atoms with E-state index in [0.717, 1.165) is 48.1 Å². The van der Waals surface area contributed by atoms with E-state index in [4.69, 9.17) is 26.4 Å². The van der Waals surface area contributed by atoms with Gasteiger partial charge in [-0.05, 0) is 69.7 Å². The normalized spacial score (nSPS) is 15.3. The summed E-state index contributed by atoms with van der Waals surface area (Å²) in [4.78, 5) is 26.0. The molecule has 0 saturated heterocycles. The molecule has 0 saturated carbocycles. The number of fused-ring (bicyclic) bond motifs is 3. The van der Waals surface area contributed by atoms with Crippen molar-refractivity contribution in [3.05, 3.63) is 82.9 Å². The summed E-state index contributed by atoms with van der Waals surface area (Å²) < 4.78 is 2.07. The third-order valence-corrected chi connectivity index (χ3v) is 8.37. The lowest BCUT2D eigenvalue weighted by Gasteiger charge is -2.14. The van der Waals surface area contributed by atoms with Gasteiger partial charge in [-0.3, -0.25) is 14.9 Å². The summed E-state index contributed by atoms with van der Waals surface area (Å²) in [5.74, 6) is 1.92. The molecule has 4 N–H and O–H groups in total. The molecular weight excluding hydrogens is 537 g/mol. The molecule has 0 bridgehead atoms. The maximum absolute atomic E-state index is 6.25.